The Labute approximate surface area is 163 Å². The van der Waals surface area contributed by atoms with Crippen molar-refractivity contribution in [3.8, 4) is 0 Å². The summed E-state index contributed by atoms with van der Waals surface area (Å²) in [6.45, 7) is 8.35. The van der Waals surface area contributed by atoms with Crippen LogP contribution in [0.4, 0.5) is 0 Å². The summed E-state index contributed by atoms with van der Waals surface area (Å²) in [6.07, 6.45) is 15.7. The molecular formula is C24H32N2O. The Hall–Kier alpha value is -1.61. The van der Waals surface area contributed by atoms with Crippen molar-refractivity contribution in [1.82, 2.24) is 10.0 Å². The topological polar surface area (TPSA) is 36.4 Å². The number of allylic oxidation sites excluding steroid dienone is 3. The lowest BCUT2D eigenvalue weighted by molar-refractivity contribution is -0.127. The van der Waals surface area contributed by atoms with Crippen molar-refractivity contribution in [1.29, 1.82) is 0 Å². The van der Waals surface area contributed by atoms with E-state index in [1.54, 1.807) is 5.57 Å². The third-order valence-corrected chi connectivity index (χ3v) is 9.29. The number of hydrogen-bond donors (Lipinski definition) is 1. The van der Waals surface area contributed by atoms with Gasteiger partial charge in [0.25, 0.3) is 0 Å². The van der Waals surface area contributed by atoms with Crippen LogP contribution in [0, 0.1) is 28.1 Å². The Morgan fingerprint density at radius 3 is 2.78 bits per heavy atom. The number of aromatic nitrogens is 1. The van der Waals surface area contributed by atoms with Crippen LogP contribution in [0.3, 0.4) is 0 Å². The molecule has 3 nitrogen and oxygen atoms in total. The van der Waals surface area contributed by atoms with Gasteiger partial charge in [-0.1, -0.05) is 32.9 Å². The van der Waals surface area contributed by atoms with Crippen molar-refractivity contribution in [2.24, 2.45) is 28.1 Å². The molecule has 0 aromatic carbocycles. The Kier molecular flexibility index (Phi) is 3.69. The monoisotopic (exact) mass is 364 g/mol. The van der Waals surface area contributed by atoms with E-state index in [9.17, 15) is 5.21 Å². The molecule has 3 aliphatic carbocycles. The fourth-order valence-electron chi connectivity index (χ4n) is 7.38. The molecule has 5 atom stereocenters. The van der Waals surface area contributed by atoms with E-state index in [0.717, 1.165) is 31.2 Å². The van der Waals surface area contributed by atoms with Gasteiger partial charge in [0.15, 0.2) is 0 Å². The average Bonchev–Trinajstić information content (AvgIpc) is 3.01. The second-order valence-corrected chi connectivity index (χ2v) is 10.1. The van der Waals surface area contributed by atoms with Crippen LogP contribution in [0.5, 0.6) is 0 Å². The van der Waals surface area contributed by atoms with Crippen LogP contribution in [-0.2, 0) is 0 Å². The summed E-state index contributed by atoms with van der Waals surface area (Å²) in [5.74, 6) is 1.49. The van der Waals surface area contributed by atoms with E-state index in [-0.39, 0.29) is 10.8 Å². The molecule has 2 heterocycles. The highest BCUT2D eigenvalue weighted by molar-refractivity contribution is 5.72. The maximum Gasteiger partial charge on any atom is 0.0455 e. The predicted octanol–water partition coefficient (Wildman–Crippen LogP) is 5.69. The first-order valence-corrected chi connectivity index (χ1v) is 10.7. The Morgan fingerprint density at radius 1 is 1.15 bits per heavy atom. The number of fused-ring (bicyclic) bond motifs is 5. The molecule has 2 fully saturated rings. The summed E-state index contributed by atoms with van der Waals surface area (Å²) in [5, 5.41) is 11.5. The highest BCUT2D eigenvalue weighted by Crippen LogP contribution is 2.71. The predicted molar refractivity (Wildman–Crippen MR) is 108 cm³/mol. The van der Waals surface area contributed by atoms with E-state index in [0.29, 0.717) is 5.41 Å². The van der Waals surface area contributed by atoms with Gasteiger partial charge in [-0.05, 0) is 89.4 Å². The largest absolute Gasteiger partial charge is 0.289 e. The number of hydrogen-bond acceptors (Lipinski definition) is 3. The molecule has 2 saturated carbocycles. The van der Waals surface area contributed by atoms with Crippen molar-refractivity contribution in [3.63, 3.8) is 0 Å². The van der Waals surface area contributed by atoms with Crippen LogP contribution < -0.4 is 0 Å². The van der Waals surface area contributed by atoms with Gasteiger partial charge in [-0.15, -0.1) is 0 Å². The van der Waals surface area contributed by atoms with E-state index in [1.165, 1.54) is 41.9 Å². The minimum atomic E-state index is 0.230. The molecular weight excluding hydrogens is 332 g/mol. The van der Waals surface area contributed by atoms with E-state index < -0.39 is 0 Å². The van der Waals surface area contributed by atoms with Gasteiger partial charge in [-0.2, -0.15) is 0 Å². The first-order valence-electron chi connectivity index (χ1n) is 10.7. The third-order valence-electron chi connectivity index (χ3n) is 9.29. The SMILES string of the molecule is CC12CCC3(C)C(CCC4=CN(O)CCC43C)C1CC=C2c1cccnc1. The molecule has 5 unspecified atom stereocenters. The minimum Gasteiger partial charge on any atom is -0.289 e. The molecule has 1 aromatic heterocycles. The van der Waals surface area contributed by atoms with Gasteiger partial charge in [0.05, 0.1) is 0 Å². The Balaban J connectivity index is 1.52. The van der Waals surface area contributed by atoms with E-state index >= 15 is 0 Å². The van der Waals surface area contributed by atoms with Gasteiger partial charge in [-0.25, -0.2) is 0 Å². The van der Waals surface area contributed by atoms with Crippen molar-refractivity contribution >= 4 is 5.57 Å². The van der Waals surface area contributed by atoms with Crippen LogP contribution in [-0.4, -0.2) is 21.8 Å². The molecule has 144 valence electrons. The van der Waals surface area contributed by atoms with E-state index in [1.807, 2.05) is 18.6 Å². The minimum absolute atomic E-state index is 0.230. The van der Waals surface area contributed by atoms with Crippen molar-refractivity contribution in [2.45, 2.75) is 59.3 Å². The van der Waals surface area contributed by atoms with Gasteiger partial charge in [0.1, 0.15) is 0 Å². The first kappa shape index (κ1) is 17.5. The highest BCUT2D eigenvalue weighted by atomic mass is 16.5. The summed E-state index contributed by atoms with van der Waals surface area (Å²) < 4.78 is 0. The van der Waals surface area contributed by atoms with Gasteiger partial charge >= 0.3 is 0 Å². The summed E-state index contributed by atoms with van der Waals surface area (Å²) in [4.78, 5) is 4.39. The number of nitrogens with zero attached hydrogens (tertiary/aromatic N) is 2. The fraction of sp³-hybridized carbons (Fsp3) is 0.625. The molecule has 4 aliphatic rings. The summed E-state index contributed by atoms with van der Waals surface area (Å²) >= 11 is 0. The summed E-state index contributed by atoms with van der Waals surface area (Å²) in [7, 11) is 0. The maximum absolute atomic E-state index is 10.0. The molecule has 1 N–H and O–H groups in total. The smallest absolute Gasteiger partial charge is 0.0455 e. The zero-order valence-corrected chi connectivity index (χ0v) is 16.9. The number of pyridine rings is 1. The molecule has 0 saturated heterocycles. The van der Waals surface area contributed by atoms with Crippen LogP contribution in [0.1, 0.15) is 64.9 Å². The fourth-order valence-corrected chi connectivity index (χ4v) is 7.38. The van der Waals surface area contributed by atoms with Crippen LogP contribution in [0.25, 0.3) is 5.57 Å². The molecule has 0 amide bonds. The third kappa shape index (κ3) is 2.21. The molecule has 27 heavy (non-hydrogen) atoms. The number of rotatable bonds is 1. The van der Waals surface area contributed by atoms with Gasteiger partial charge in [-0.3, -0.25) is 15.3 Å². The maximum atomic E-state index is 10.0. The lowest BCUT2D eigenvalue weighted by Crippen LogP contribution is -2.57. The molecule has 1 aliphatic heterocycles. The average molecular weight is 365 g/mol. The van der Waals surface area contributed by atoms with Crippen LogP contribution in [0.15, 0.2) is 42.4 Å². The summed E-state index contributed by atoms with van der Waals surface area (Å²) in [6, 6.07) is 4.31. The molecule has 3 heteroatoms. The first-order chi connectivity index (χ1) is 12.9. The molecule has 5 rings (SSSR count). The molecule has 1 aromatic rings. The van der Waals surface area contributed by atoms with Crippen molar-refractivity contribution in [3.05, 3.63) is 47.9 Å². The van der Waals surface area contributed by atoms with E-state index in [4.69, 9.17) is 0 Å². The lowest BCUT2D eigenvalue weighted by Gasteiger charge is -2.64. The standard InChI is InChI=1S/C24H32N2O/c1-22-10-11-24(3)21(7-6-18-16-26(27)14-12-23(18,24)2)20(22)9-8-19(22)17-5-4-13-25-15-17/h4-5,8,13,15-16,20-21,27H,6-7,9-12,14H2,1-3H3. The van der Waals surface area contributed by atoms with Gasteiger partial charge in [0, 0.05) is 25.1 Å². The van der Waals surface area contributed by atoms with Crippen LogP contribution in [0.2, 0.25) is 0 Å². The summed E-state index contributed by atoms with van der Waals surface area (Å²) in [5.41, 5.74) is 5.19. The lowest BCUT2D eigenvalue weighted by atomic mass is 9.40. The van der Waals surface area contributed by atoms with E-state index in [2.05, 4.69) is 44.0 Å². The normalized spacial score (nSPS) is 43.3. The van der Waals surface area contributed by atoms with Gasteiger partial charge in [0.2, 0.25) is 0 Å². The Bertz CT molecular complexity index is 815. The quantitative estimate of drug-likeness (QED) is 0.696. The van der Waals surface area contributed by atoms with Gasteiger partial charge < -0.3 is 0 Å². The highest BCUT2D eigenvalue weighted by Gasteiger charge is 2.62. The number of hydroxylamine groups is 2. The van der Waals surface area contributed by atoms with Crippen molar-refractivity contribution < 1.29 is 5.21 Å². The molecule has 0 bridgehead atoms. The second-order valence-electron chi connectivity index (χ2n) is 10.1. The van der Waals surface area contributed by atoms with Crippen molar-refractivity contribution in [2.75, 3.05) is 6.54 Å². The molecule has 0 radical (unpaired) electrons. The zero-order valence-electron chi connectivity index (χ0n) is 16.9. The van der Waals surface area contributed by atoms with Crippen LogP contribution >= 0.6 is 0 Å². The molecule has 0 spiro atoms. The Morgan fingerprint density at radius 2 is 2.00 bits per heavy atom. The second kappa shape index (κ2) is 5.70. The zero-order chi connectivity index (χ0) is 18.9.